The van der Waals surface area contributed by atoms with Crippen molar-refractivity contribution in [2.75, 3.05) is 7.11 Å². The second kappa shape index (κ2) is 4.55. The molecule has 0 aliphatic rings. The summed E-state index contributed by atoms with van der Waals surface area (Å²) in [4.78, 5) is 4.41. The summed E-state index contributed by atoms with van der Waals surface area (Å²) in [5.74, 6) is 4.61. The summed E-state index contributed by atoms with van der Waals surface area (Å²) in [5, 5.41) is 0. The zero-order valence-corrected chi connectivity index (χ0v) is 8.60. The fourth-order valence-electron chi connectivity index (χ4n) is 1.04. The minimum atomic E-state index is -0.441. The molecule has 0 heterocycles. The van der Waals surface area contributed by atoms with Crippen molar-refractivity contribution in [3.8, 4) is 5.75 Å². The lowest BCUT2D eigenvalue weighted by Crippen LogP contribution is -2.02. The van der Waals surface area contributed by atoms with Gasteiger partial charge in [-0.15, -0.1) is 0 Å². The lowest BCUT2D eigenvalue weighted by molar-refractivity contribution is 0.121. The first kappa shape index (κ1) is 10.4. The number of methoxy groups -OCH3 is 1. The van der Waals surface area contributed by atoms with Crippen molar-refractivity contribution in [2.24, 2.45) is 5.90 Å². The van der Waals surface area contributed by atoms with Crippen molar-refractivity contribution < 1.29 is 14.0 Å². The molecule has 0 aliphatic heterocycles. The largest absolute Gasteiger partial charge is 0.493 e. The van der Waals surface area contributed by atoms with Crippen LogP contribution in [0.15, 0.2) is 16.6 Å². The van der Waals surface area contributed by atoms with Gasteiger partial charge in [-0.2, -0.15) is 0 Å². The summed E-state index contributed by atoms with van der Waals surface area (Å²) in [6, 6.07) is 3.01. The van der Waals surface area contributed by atoms with Crippen LogP contribution in [0.25, 0.3) is 0 Å². The SMILES string of the molecule is COc1c(F)cc(Br)cc1CON. The smallest absolute Gasteiger partial charge is 0.166 e. The standard InChI is InChI=1S/C8H9BrFNO2/c1-12-8-5(4-13-11)2-6(9)3-7(8)10/h2-3H,4,11H2,1H3. The molecule has 72 valence electrons. The van der Waals surface area contributed by atoms with Gasteiger partial charge >= 0.3 is 0 Å². The highest BCUT2D eigenvalue weighted by atomic mass is 79.9. The van der Waals surface area contributed by atoms with Crippen molar-refractivity contribution in [1.29, 1.82) is 0 Å². The van der Waals surface area contributed by atoms with E-state index in [1.165, 1.54) is 13.2 Å². The van der Waals surface area contributed by atoms with Crippen molar-refractivity contribution in [3.05, 3.63) is 28.0 Å². The molecule has 1 aromatic carbocycles. The summed E-state index contributed by atoms with van der Waals surface area (Å²) >= 11 is 3.15. The average Bonchev–Trinajstić information content (AvgIpc) is 2.04. The molecule has 0 amide bonds. The van der Waals surface area contributed by atoms with Crippen LogP contribution < -0.4 is 10.6 Å². The van der Waals surface area contributed by atoms with E-state index in [0.29, 0.717) is 10.0 Å². The van der Waals surface area contributed by atoms with Gasteiger partial charge in [0.25, 0.3) is 0 Å². The molecule has 3 nitrogen and oxygen atoms in total. The molecule has 0 spiro atoms. The predicted octanol–water partition coefficient (Wildman–Crippen LogP) is 1.99. The van der Waals surface area contributed by atoms with Gasteiger partial charge in [-0.1, -0.05) is 15.9 Å². The van der Waals surface area contributed by atoms with Crippen LogP contribution >= 0.6 is 15.9 Å². The second-order valence-electron chi connectivity index (χ2n) is 2.39. The van der Waals surface area contributed by atoms with Crippen LogP contribution in [0.2, 0.25) is 0 Å². The number of benzene rings is 1. The Kier molecular flexibility index (Phi) is 3.65. The molecule has 2 N–H and O–H groups in total. The third-order valence-electron chi connectivity index (χ3n) is 1.53. The maximum atomic E-state index is 13.2. The first-order valence-electron chi connectivity index (χ1n) is 3.52. The maximum Gasteiger partial charge on any atom is 0.166 e. The van der Waals surface area contributed by atoms with Crippen molar-refractivity contribution in [3.63, 3.8) is 0 Å². The Morgan fingerprint density at radius 2 is 2.23 bits per heavy atom. The van der Waals surface area contributed by atoms with E-state index in [1.807, 2.05) is 0 Å². The van der Waals surface area contributed by atoms with Crippen LogP contribution in [0.4, 0.5) is 4.39 Å². The van der Waals surface area contributed by atoms with E-state index in [0.717, 1.165) is 0 Å². The number of nitrogens with two attached hydrogens (primary N) is 1. The molecule has 0 saturated carbocycles. The second-order valence-corrected chi connectivity index (χ2v) is 3.31. The van der Waals surface area contributed by atoms with Crippen LogP contribution in [0, 0.1) is 5.82 Å². The zero-order valence-electron chi connectivity index (χ0n) is 7.01. The Morgan fingerprint density at radius 3 is 2.77 bits per heavy atom. The van der Waals surface area contributed by atoms with Gasteiger partial charge in [0.1, 0.15) is 0 Å². The highest BCUT2D eigenvalue weighted by Crippen LogP contribution is 2.27. The Balaban J connectivity index is 3.13. The van der Waals surface area contributed by atoms with Gasteiger partial charge in [0.2, 0.25) is 0 Å². The molecule has 0 saturated heterocycles. The lowest BCUT2D eigenvalue weighted by atomic mass is 10.2. The van der Waals surface area contributed by atoms with Gasteiger partial charge in [0.05, 0.1) is 13.7 Å². The predicted molar refractivity (Wildman–Crippen MR) is 49.6 cm³/mol. The molecule has 1 aromatic rings. The van der Waals surface area contributed by atoms with Gasteiger partial charge < -0.3 is 4.74 Å². The van der Waals surface area contributed by atoms with Gasteiger partial charge in [-0.25, -0.2) is 10.3 Å². The molecule has 5 heteroatoms. The van der Waals surface area contributed by atoms with Crippen molar-refractivity contribution in [1.82, 2.24) is 0 Å². The summed E-state index contributed by atoms with van der Waals surface area (Å²) in [6.45, 7) is 0.111. The zero-order chi connectivity index (χ0) is 9.84. The van der Waals surface area contributed by atoms with E-state index in [1.54, 1.807) is 6.07 Å². The quantitative estimate of drug-likeness (QED) is 0.834. The molecule has 0 aliphatic carbocycles. The number of hydrogen-bond donors (Lipinski definition) is 1. The highest BCUT2D eigenvalue weighted by molar-refractivity contribution is 9.10. The Morgan fingerprint density at radius 1 is 1.54 bits per heavy atom. The lowest BCUT2D eigenvalue weighted by Gasteiger charge is -2.08. The molecule has 1 rings (SSSR count). The Bertz CT molecular complexity index is 306. The fourth-order valence-corrected chi connectivity index (χ4v) is 1.52. The first-order valence-corrected chi connectivity index (χ1v) is 4.32. The normalized spacial score (nSPS) is 10.2. The molecule has 0 fully saturated rings. The van der Waals surface area contributed by atoms with Crippen LogP contribution in [0.5, 0.6) is 5.75 Å². The molecule has 0 atom stereocenters. The maximum absolute atomic E-state index is 13.2. The molecule has 0 bridgehead atoms. The van der Waals surface area contributed by atoms with Gasteiger partial charge in [-0.05, 0) is 12.1 Å². The summed E-state index contributed by atoms with van der Waals surface area (Å²) in [7, 11) is 1.40. The van der Waals surface area contributed by atoms with Gasteiger partial charge in [0, 0.05) is 10.0 Å². The molecule has 13 heavy (non-hydrogen) atoms. The number of hydrogen-bond acceptors (Lipinski definition) is 3. The number of ether oxygens (including phenoxy) is 1. The van der Waals surface area contributed by atoms with E-state index in [2.05, 4.69) is 20.8 Å². The van der Waals surface area contributed by atoms with Crippen LogP contribution in [0.3, 0.4) is 0 Å². The monoisotopic (exact) mass is 249 g/mol. The highest BCUT2D eigenvalue weighted by Gasteiger charge is 2.10. The van der Waals surface area contributed by atoms with E-state index < -0.39 is 5.82 Å². The third-order valence-corrected chi connectivity index (χ3v) is 1.99. The van der Waals surface area contributed by atoms with Crippen LogP contribution in [0.1, 0.15) is 5.56 Å². The van der Waals surface area contributed by atoms with Crippen molar-refractivity contribution in [2.45, 2.75) is 6.61 Å². The van der Waals surface area contributed by atoms with Crippen LogP contribution in [-0.2, 0) is 11.4 Å². The topological polar surface area (TPSA) is 44.5 Å². The van der Waals surface area contributed by atoms with E-state index in [9.17, 15) is 4.39 Å². The first-order chi connectivity index (χ1) is 6.19. The van der Waals surface area contributed by atoms with Gasteiger partial charge in [0.15, 0.2) is 11.6 Å². The molecule has 0 unspecified atom stereocenters. The molecular weight excluding hydrogens is 241 g/mol. The number of rotatable bonds is 3. The summed E-state index contributed by atoms with van der Waals surface area (Å²) in [5.41, 5.74) is 0.567. The van der Waals surface area contributed by atoms with E-state index >= 15 is 0 Å². The molecular formula is C8H9BrFNO2. The fraction of sp³-hybridized carbons (Fsp3) is 0.250. The Labute approximate surface area is 83.7 Å². The minimum Gasteiger partial charge on any atom is -0.493 e. The van der Waals surface area contributed by atoms with E-state index in [-0.39, 0.29) is 12.4 Å². The molecule has 0 radical (unpaired) electrons. The Hall–Kier alpha value is -0.650. The van der Waals surface area contributed by atoms with Crippen LogP contribution in [-0.4, -0.2) is 7.11 Å². The summed E-state index contributed by atoms with van der Waals surface area (Å²) in [6.07, 6.45) is 0. The average molecular weight is 250 g/mol. The third kappa shape index (κ3) is 2.40. The molecule has 0 aromatic heterocycles. The van der Waals surface area contributed by atoms with Crippen molar-refractivity contribution >= 4 is 15.9 Å². The number of halogens is 2. The summed E-state index contributed by atoms with van der Waals surface area (Å²) < 4.78 is 18.7. The minimum absolute atomic E-state index is 0.111. The van der Waals surface area contributed by atoms with Gasteiger partial charge in [-0.3, -0.25) is 4.84 Å². The van der Waals surface area contributed by atoms with E-state index in [4.69, 9.17) is 10.6 Å².